The summed E-state index contributed by atoms with van der Waals surface area (Å²) in [5.74, 6) is -0.175. The second kappa shape index (κ2) is 10.5. The van der Waals surface area contributed by atoms with Crippen LogP contribution in [0.1, 0.15) is 34.4 Å². The predicted octanol–water partition coefficient (Wildman–Crippen LogP) is 5.64. The van der Waals surface area contributed by atoms with E-state index in [4.69, 9.17) is 4.98 Å². The van der Waals surface area contributed by atoms with Crippen molar-refractivity contribution in [1.82, 2.24) is 15.0 Å². The van der Waals surface area contributed by atoms with Gasteiger partial charge < -0.3 is 0 Å². The average Bonchev–Trinajstić information content (AvgIpc) is 3.23. The Bertz CT molecular complexity index is 1470. The van der Waals surface area contributed by atoms with Crippen LogP contribution in [0.15, 0.2) is 68.1 Å². The fourth-order valence-electron chi connectivity index (χ4n) is 4.09. The maximum atomic E-state index is 13.8. The average molecular weight is 568 g/mol. The van der Waals surface area contributed by atoms with Crippen molar-refractivity contribution >= 4 is 61.4 Å². The normalized spacial score (nSPS) is 13.3. The highest BCUT2D eigenvalue weighted by atomic mass is 79.9. The Labute approximate surface area is 219 Å². The van der Waals surface area contributed by atoms with Crippen LogP contribution in [0.2, 0.25) is 0 Å². The molecule has 5 rings (SSSR count). The van der Waals surface area contributed by atoms with Gasteiger partial charge in [0.05, 0.1) is 23.0 Å². The largest absolute Gasteiger partial charge is 0.272 e. The van der Waals surface area contributed by atoms with Gasteiger partial charge in [-0.3, -0.25) is 14.2 Å². The zero-order valence-electron chi connectivity index (χ0n) is 19.1. The Morgan fingerprint density at radius 2 is 1.91 bits per heavy atom. The van der Waals surface area contributed by atoms with E-state index in [1.807, 2.05) is 55.5 Å². The van der Waals surface area contributed by atoms with Gasteiger partial charge in [-0.15, -0.1) is 11.3 Å². The minimum absolute atomic E-state index is 0.0607. The van der Waals surface area contributed by atoms with E-state index in [0.717, 1.165) is 62.8 Å². The van der Waals surface area contributed by atoms with E-state index < -0.39 is 0 Å². The molecule has 1 N–H and O–H groups in total. The lowest BCUT2D eigenvalue weighted by Crippen LogP contribution is -2.24. The van der Waals surface area contributed by atoms with Crippen molar-refractivity contribution in [2.75, 3.05) is 5.75 Å². The number of benzene rings is 2. The standard InChI is InChI=1S/C26H23BrN4O2S2/c1-16-6-12-19(13-7-16)31-25(33)23-20-4-2-3-5-21(20)35-24(23)29-26(31)34-15-22(32)30-28-14-17-8-10-18(27)11-9-17/h6-14H,2-5,15H2,1H3,(H,30,32)/b28-14-. The zero-order chi connectivity index (χ0) is 24.4. The Hall–Kier alpha value is -2.75. The summed E-state index contributed by atoms with van der Waals surface area (Å²) in [5, 5.41) is 5.29. The van der Waals surface area contributed by atoms with Crippen molar-refractivity contribution < 1.29 is 4.79 Å². The van der Waals surface area contributed by atoms with Gasteiger partial charge in [0, 0.05) is 9.35 Å². The molecule has 0 saturated heterocycles. The van der Waals surface area contributed by atoms with Crippen molar-refractivity contribution in [3.05, 3.63) is 84.9 Å². The molecule has 9 heteroatoms. The molecule has 178 valence electrons. The molecular formula is C26H23BrN4O2S2. The number of fused-ring (bicyclic) bond motifs is 3. The van der Waals surface area contributed by atoms with Gasteiger partial charge in [0.1, 0.15) is 4.83 Å². The van der Waals surface area contributed by atoms with E-state index in [-0.39, 0.29) is 17.2 Å². The molecule has 2 aromatic heterocycles. The van der Waals surface area contributed by atoms with E-state index in [0.29, 0.717) is 5.16 Å². The molecule has 0 unspecified atom stereocenters. The lowest BCUT2D eigenvalue weighted by Gasteiger charge is -2.13. The number of thioether (sulfide) groups is 1. The van der Waals surface area contributed by atoms with E-state index in [2.05, 4.69) is 26.5 Å². The third kappa shape index (κ3) is 5.27. The molecule has 0 saturated carbocycles. The molecule has 0 radical (unpaired) electrons. The van der Waals surface area contributed by atoms with Crippen LogP contribution in [0.3, 0.4) is 0 Å². The Balaban J connectivity index is 1.42. The molecule has 35 heavy (non-hydrogen) atoms. The first-order valence-electron chi connectivity index (χ1n) is 11.3. The van der Waals surface area contributed by atoms with Crippen molar-refractivity contribution in [1.29, 1.82) is 0 Å². The number of carbonyl (C=O) groups is 1. The summed E-state index contributed by atoms with van der Waals surface area (Å²) < 4.78 is 2.62. The minimum atomic E-state index is -0.265. The van der Waals surface area contributed by atoms with Crippen LogP contribution in [0.25, 0.3) is 15.9 Å². The van der Waals surface area contributed by atoms with E-state index >= 15 is 0 Å². The van der Waals surface area contributed by atoms with E-state index in [1.165, 1.54) is 16.6 Å². The van der Waals surface area contributed by atoms with Crippen LogP contribution in [-0.4, -0.2) is 27.4 Å². The third-order valence-electron chi connectivity index (χ3n) is 5.86. The number of carbonyl (C=O) groups excluding carboxylic acids is 1. The Kier molecular flexibility index (Phi) is 7.17. The quantitative estimate of drug-likeness (QED) is 0.142. The van der Waals surface area contributed by atoms with Gasteiger partial charge in [0.15, 0.2) is 5.16 Å². The van der Waals surface area contributed by atoms with E-state index in [1.54, 1.807) is 22.1 Å². The maximum Gasteiger partial charge on any atom is 0.267 e. The number of aryl methyl sites for hydroxylation is 3. The Morgan fingerprint density at radius 1 is 1.17 bits per heavy atom. The van der Waals surface area contributed by atoms with Gasteiger partial charge in [-0.2, -0.15) is 5.10 Å². The minimum Gasteiger partial charge on any atom is -0.272 e. The van der Waals surface area contributed by atoms with Crippen molar-refractivity contribution in [2.24, 2.45) is 5.10 Å². The van der Waals surface area contributed by atoms with Crippen molar-refractivity contribution in [2.45, 2.75) is 37.8 Å². The topological polar surface area (TPSA) is 76.3 Å². The second-order valence-corrected chi connectivity index (χ2v) is 11.3. The fraction of sp³-hybridized carbons (Fsp3) is 0.231. The summed E-state index contributed by atoms with van der Waals surface area (Å²) in [5.41, 5.74) is 6.40. The Morgan fingerprint density at radius 3 is 2.69 bits per heavy atom. The number of nitrogens with zero attached hydrogens (tertiary/aromatic N) is 3. The summed E-state index contributed by atoms with van der Waals surface area (Å²) in [6.07, 6.45) is 5.76. The van der Waals surface area contributed by atoms with Crippen molar-refractivity contribution in [3.8, 4) is 5.69 Å². The van der Waals surface area contributed by atoms with Gasteiger partial charge in [-0.25, -0.2) is 10.4 Å². The van der Waals surface area contributed by atoms with Crippen LogP contribution in [0.5, 0.6) is 0 Å². The lowest BCUT2D eigenvalue weighted by atomic mass is 9.97. The molecule has 0 atom stereocenters. The first-order chi connectivity index (χ1) is 17.0. The van der Waals surface area contributed by atoms with Gasteiger partial charge >= 0.3 is 0 Å². The number of nitrogens with one attached hydrogen (secondary N) is 1. The molecule has 6 nitrogen and oxygen atoms in total. The molecule has 0 bridgehead atoms. The molecule has 0 fully saturated rings. The van der Waals surface area contributed by atoms with Crippen LogP contribution in [0.4, 0.5) is 0 Å². The zero-order valence-corrected chi connectivity index (χ0v) is 22.3. The highest BCUT2D eigenvalue weighted by molar-refractivity contribution is 9.10. The number of hydrazone groups is 1. The molecule has 1 aliphatic carbocycles. The maximum absolute atomic E-state index is 13.8. The first kappa shape index (κ1) is 24.0. The molecule has 1 amide bonds. The number of rotatable bonds is 6. The summed E-state index contributed by atoms with van der Waals surface area (Å²) in [7, 11) is 0. The van der Waals surface area contributed by atoms with Gasteiger partial charge in [0.25, 0.3) is 11.5 Å². The molecular weight excluding hydrogens is 544 g/mol. The molecule has 0 aliphatic heterocycles. The SMILES string of the molecule is Cc1ccc(-n2c(SCC(=O)N/N=C\c3ccc(Br)cc3)nc3sc4c(c3c2=O)CCCC4)cc1. The number of thiophene rings is 1. The van der Waals surface area contributed by atoms with Crippen LogP contribution in [0, 0.1) is 6.92 Å². The van der Waals surface area contributed by atoms with Gasteiger partial charge in [0.2, 0.25) is 0 Å². The van der Waals surface area contributed by atoms with Crippen LogP contribution < -0.4 is 11.0 Å². The summed E-state index contributed by atoms with van der Waals surface area (Å²) in [4.78, 5) is 33.2. The predicted molar refractivity (Wildman–Crippen MR) is 147 cm³/mol. The fourth-order valence-corrected chi connectivity index (χ4v) is 6.47. The highest BCUT2D eigenvalue weighted by Gasteiger charge is 2.23. The smallest absolute Gasteiger partial charge is 0.267 e. The molecule has 1 aliphatic rings. The molecule has 2 heterocycles. The van der Waals surface area contributed by atoms with Crippen molar-refractivity contribution in [3.63, 3.8) is 0 Å². The number of hydrogen-bond donors (Lipinski definition) is 1. The van der Waals surface area contributed by atoms with Crippen LogP contribution in [-0.2, 0) is 17.6 Å². The summed E-state index contributed by atoms with van der Waals surface area (Å²) in [6.45, 7) is 2.01. The van der Waals surface area contributed by atoms with Gasteiger partial charge in [-0.05, 0) is 68.0 Å². The van der Waals surface area contributed by atoms with Gasteiger partial charge in [-0.1, -0.05) is 57.5 Å². The first-order valence-corrected chi connectivity index (χ1v) is 13.9. The summed E-state index contributed by atoms with van der Waals surface area (Å²) >= 11 is 6.26. The number of halogens is 1. The number of amides is 1. The highest BCUT2D eigenvalue weighted by Crippen LogP contribution is 2.35. The van der Waals surface area contributed by atoms with Crippen LogP contribution >= 0.6 is 39.0 Å². The lowest BCUT2D eigenvalue weighted by molar-refractivity contribution is -0.118. The second-order valence-electron chi connectivity index (χ2n) is 8.39. The molecule has 0 spiro atoms. The van der Waals surface area contributed by atoms with E-state index in [9.17, 15) is 9.59 Å². The number of aromatic nitrogens is 2. The third-order valence-corrected chi connectivity index (χ3v) is 8.51. The number of hydrogen-bond acceptors (Lipinski definition) is 6. The monoisotopic (exact) mass is 566 g/mol. The molecule has 2 aromatic carbocycles. The molecule has 4 aromatic rings. The summed E-state index contributed by atoms with van der Waals surface area (Å²) in [6, 6.07) is 15.4.